The highest BCUT2D eigenvalue weighted by Gasteiger charge is 2.22. The largest absolute Gasteiger partial charge is 0.593 e. The lowest BCUT2D eigenvalue weighted by Gasteiger charge is -2.18. The second-order valence-corrected chi connectivity index (χ2v) is 8.35. The van der Waals surface area contributed by atoms with Crippen molar-refractivity contribution in [2.24, 2.45) is 0 Å². The molecule has 4 aromatic rings. The molecule has 1 aliphatic heterocycles. The van der Waals surface area contributed by atoms with Crippen LogP contribution < -0.4 is 14.2 Å². The summed E-state index contributed by atoms with van der Waals surface area (Å²) in [6.07, 6.45) is 4.60. The molecule has 9 heteroatoms. The van der Waals surface area contributed by atoms with Crippen molar-refractivity contribution < 1.29 is 23.2 Å². The number of carbonyl (C=O) groups is 1. The van der Waals surface area contributed by atoms with Crippen molar-refractivity contribution in [3.8, 4) is 22.6 Å². The molecule has 32 heavy (non-hydrogen) atoms. The van der Waals surface area contributed by atoms with Crippen LogP contribution in [0.3, 0.4) is 0 Å². The first-order chi connectivity index (χ1) is 15.5. The molecular weight excluding hydrogens is 433 g/mol. The summed E-state index contributed by atoms with van der Waals surface area (Å²) in [4.78, 5) is 20.6. The van der Waals surface area contributed by atoms with Gasteiger partial charge in [0.1, 0.15) is 30.8 Å². The maximum absolute atomic E-state index is 14.9. The van der Waals surface area contributed by atoms with E-state index in [2.05, 4.69) is 14.7 Å². The summed E-state index contributed by atoms with van der Waals surface area (Å²) >= 11 is -1.47. The zero-order valence-electron chi connectivity index (χ0n) is 17.0. The number of hydrogen-bond acceptors (Lipinski definition) is 6. The number of aromatic nitrogens is 2. The predicted octanol–water partition coefficient (Wildman–Crippen LogP) is 4.08. The fourth-order valence-electron chi connectivity index (χ4n) is 3.66. The number of ether oxygens (including phenoxy) is 2. The Morgan fingerprint density at radius 3 is 2.75 bits per heavy atom. The fourth-order valence-corrected chi connectivity index (χ4v) is 4.13. The van der Waals surface area contributed by atoms with Gasteiger partial charge in [-0.2, -0.15) is 0 Å². The van der Waals surface area contributed by atoms with E-state index in [1.165, 1.54) is 24.6 Å². The van der Waals surface area contributed by atoms with Crippen LogP contribution in [0.5, 0.6) is 11.5 Å². The summed E-state index contributed by atoms with van der Waals surface area (Å²) in [7, 11) is 0. The molecule has 2 N–H and O–H groups in total. The molecule has 0 saturated carbocycles. The van der Waals surface area contributed by atoms with E-state index in [1.807, 2.05) is 24.3 Å². The standard InChI is InChI=1S/C23H18FN3O4S/c1-32(29)27-18-4-2-3-15(21(18)24)22(28)17-12-26-23-16(17)9-14(11-25-23)13-5-6-19-20(10-13)31-8-7-30-19/h2-6,9-12,27H,7-8H2,1H3,(H,25,26). The van der Waals surface area contributed by atoms with Crippen LogP contribution in [0.25, 0.3) is 22.2 Å². The van der Waals surface area contributed by atoms with Crippen LogP contribution in [0.4, 0.5) is 10.1 Å². The Bertz CT molecular complexity index is 1340. The molecule has 0 fully saturated rings. The van der Waals surface area contributed by atoms with Crippen molar-refractivity contribution in [2.45, 2.75) is 0 Å². The van der Waals surface area contributed by atoms with Gasteiger partial charge in [0.2, 0.25) is 0 Å². The maximum Gasteiger partial charge on any atom is 0.198 e. The first-order valence-electron chi connectivity index (χ1n) is 9.81. The molecule has 0 aliphatic carbocycles. The van der Waals surface area contributed by atoms with Crippen LogP contribution in [-0.4, -0.2) is 39.8 Å². The fraction of sp³-hybridized carbons (Fsp3) is 0.130. The van der Waals surface area contributed by atoms with Crippen LogP contribution in [0, 0.1) is 5.82 Å². The van der Waals surface area contributed by atoms with Gasteiger partial charge in [-0.15, -0.1) is 0 Å². The van der Waals surface area contributed by atoms with E-state index in [0.29, 0.717) is 41.3 Å². The van der Waals surface area contributed by atoms with E-state index in [0.717, 1.165) is 11.1 Å². The molecule has 0 amide bonds. The average molecular weight is 451 g/mol. The van der Waals surface area contributed by atoms with Crippen molar-refractivity contribution in [1.29, 1.82) is 0 Å². The Balaban J connectivity index is 1.54. The third-order valence-electron chi connectivity index (χ3n) is 5.15. The van der Waals surface area contributed by atoms with Crippen molar-refractivity contribution in [2.75, 3.05) is 24.2 Å². The van der Waals surface area contributed by atoms with Gasteiger partial charge in [-0.3, -0.25) is 4.79 Å². The van der Waals surface area contributed by atoms with Crippen LogP contribution in [-0.2, 0) is 11.4 Å². The zero-order valence-corrected chi connectivity index (χ0v) is 17.8. The van der Waals surface area contributed by atoms with Crippen molar-refractivity contribution in [1.82, 2.24) is 9.97 Å². The summed E-state index contributed by atoms with van der Waals surface area (Å²) in [5, 5.41) is 0.569. The lowest BCUT2D eigenvalue weighted by atomic mass is 10.00. The highest BCUT2D eigenvalue weighted by Crippen LogP contribution is 2.35. The maximum atomic E-state index is 14.9. The van der Waals surface area contributed by atoms with E-state index in [1.54, 1.807) is 12.3 Å². The number of aromatic amines is 1. The topological polar surface area (TPSA) is 99.3 Å². The molecule has 7 nitrogen and oxygen atoms in total. The lowest BCUT2D eigenvalue weighted by Crippen LogP contribution is -2.15. The Kier molecular flexibility index (Phi) is 5.20. The molecule has 2 aromatic heterocycles. The van der Waals surface area contributed by atoms with Crippen molar-refractivity contribution in [3.05, 3.63) is 71.8 Å². The van der Waals surface area contributed by atoms with E-state index in [-0.39, 0.29) is 11.3 Å². The summed E-state index contributed by atoms with van der Waals surface area (Å²) in [6, 6.07) is 11.8. The van der Waals surface area contributed by atoms with Gasteiger partial charge < -0.3 is 19.0 Å². The minimum absolute atomic E-state index is 0.00613. The third-order valence-corrected chi connectivity index (χ3v) is 5.66. The number of H-pyrrole nitrogens is 1. The molecule has 0 spiro atoms. The highest BCUT2D eigenvalue weighted by molar-refractivity contribution is 7.92. The van der Waals surface area contributed by atoms with E-state index >= 15 is 0 Å². The number of rotatable bonds is 5. The number of nitrogens with zero attached hydrogens (tertiary/aromatic N) is 1. The number of hydrogen-bond donors (Lipinski definition) is 2. The van der Waals surface area contributed by atoms with Crippen molar-refractivity contribution >= 4 is 33.9 Å². The molecule has 3 heterocycles. The Hall–Kier alpha value is -3.56. The number of fused-ring (bicyclic) bond motifs is 2. The number of anilines is 1. The number of nitrogens with one attached hydrogen (secondary N) is 2. The van der Waals surface area contributed by atoms with E-state index in [9.17, 15) is 13.7 Å². The van der Waals surface area contributed by atoms with E-state index < -0.39 is 23.0 Å². The Morgan fingerprint density at radius 1 is 1.12 bits per heavy atom. The first kappa shape index (κ1) is 20.3. The SMILES string of the molecule is C[S+]([O-])Nc1cccc(C(=O)c2c[nH]c3ncc(-c4ccc5c(c4)OCCO5)cc23)c1F. The second-order valence-electron chi connectivity index (χ2n) is 7.23. The summed E-state index contributed by atoms with van der Waals surface area (Å²) in [5.74, 6) is 0.0841. The molecule has 1 atom stereocenters. The molecule has 2 aromatic carbocycles. The number of pyridine rings is 1. The van der Waals surface area contributed by atoms with Gasteiger partial charge in [-0.1, -0.05) is 12.1 Å². The van der Waals surface area contributed by atoms with Gasteiger partial charge in [0, 0.05) is 28.9 Å². The molecule has 0 bridgehead atoms. The van der Waals surface area contributed by atoms with Gasteiger partial charge in [-0.25, -0.2) is 14.1 Å². The molecule has 1 unspecified atom stereocenters. The molecule has 1 aliphatic rings. The van der Waals surface area contributed by atoms with Crippen LogP contribution >= 0.6 is 0 Å². The number of carbonyl (C=O) groups excluding carboxylic acids is 1. The van der Waals surface area contributed by atoms with Crippen LogP contribution in [0.15, 0.2) is 54.9 Å². The minimum Gasteiger partial charge on any atom is -0.593 e. The lowest BCUT2D eigenvalue weighted by molar-refractivity contribution is 0.103. The van der Waals surface area contributed by atoms with Gasteiger partial charge >= 0.3 is 0 Å². The Morgan fingerprint density at radius 2 is 1.94 bits per heavy atom. The number of halogens is 1. The van der Waals surface area contributed by atoms with Crippen molar-refractivity contribution in [3.63, 3.8) is 0 Å². The van der Waals surface area contributed by atoms with Gasteiger partial charge in [0.05, 0.1) is 16.9 Å². The first-order valence-corrected chi connectivity index (χ1v) is 11.4. The minimum atomic E-state index is -1.47. The number of benzene rings is 2. The molecule has 0 radical (unpaired) electrons. The molecular formula is C23H18FN3O4S. The quantitative estimate of drug-likeness (QED) is 0.350. The normalized spacial score (nSPS) is 13.7. The molecule has 5 rings (SSSR count). The average Bonchev–Trinajstić information content (AvgIpc) is 3.23. The summed E-state index contributed by atoms with van der Waals surface area (Å²) < 4.78 is 40.1. The van der Waals surface area contributed by atoms with Gasteiger partial charge in [-0.05, 0) is 35.9 Å². The predicted molar refractivity (Wildman–Crippen MR) is 120 cm³/mol. The summed E-state index contributed by atoms with van der Waals surface area (Å²) in [6.45, 7) is 0.992. The summed E-state index contributed by atoms with van der Waals surface area (Å²) in [5.41, 5.74) is 2.32. The van der Waals surface area contributed by atoms with Crippen LogP contribution in [0.2, 0.25) is 0 Å². The third kappa shape index (κ3) is 3.65. The molecule has 0 saturated heterocycles. The van der Waals surface area contributed by atoms with Gasteiger partial charge in [0.15, 0.2) is 23.1 Å². The van der Waals surface area contributed by atoms with Gasteiger partial charge in [0.25, 0.3) is 0 Å². The van der Waals surface area contributed by atoms with Crippen LogP contribution in [0.1, 0.15) is 15.9 Å². The highest BCUT2D eigenvalue weighted by atomic mass is 32.2. The Labute approximate surface area is 185 Å². The monoisotopic (exact) mass is 451 g/mol. The number of ketones is 1. The molecule has 162 valence electrons. The second kappa shape index (κ2) is 8.18. The van der Waals surface area contributed by atoms with E-state index in [4.69, 9.17) is 9.47 Å². The zero-order chi connectivity index (χ0) is 22.2. The smallest absolute Gasteiger partial charge is 0.198 e.